The topological polar surface area (TPSA) is 87.2 Å². The van der Waals surface area contributed by atoms with Crippen molar-refractivity contribution in [2.75, 3.05) is 13.6 Å². The Hall–Kier alpha value is -2.74. The molecule has 1 aromatic heterocycles. The number of nitrogens with one attached hydrogen (secondary N) is 2. The van der Waals surface area contributed by atoms with Crippen LogP contribution in [0.2, 0.25) is 0 Å². The van der Waals surface area contributed by atoms with Gasteiger partial charge in [0, 0.05) is 24.7 Å². The van der Waals surface area contributed by atoms with Crippen molar-refractivity contribution in [1.29, 1.82) is 0 Å². The number of hydrogen-bond acceptors (Lipinski definition) is 4. The van der Waals surface area contributed by atoms with E-state index in [1.54, 1.807) is 31.3 Å². The molecule has 0 saturated carbocycles. The summed E-state index contributed by atoms with van der Waals surface area (Å²) < 4.78 is 1.66. The third-order valence-corrected chi connectivity index (χ3v) is 4.10. The number of likely N-dealkylation sites (N-methyl/N-ethyl adjacent to an activating group) is 1. The van der Waals surface area contributed by atoms with Crippen molar-refractivity contribution < 1.29 is 9.59 Å². The number of nitrogens with zero attached hydrogens (tertiary/aromatic N) is 2. The van der Waals surface area contributed by atoms with Gasteiger partial charge in [0.05, 0.1) is 17.4 Å². The fourth-order valence-electron chi connectivity index (χ4n) is 2.65. The van der Waals surface area contributed by atoms with Gasteiger partial charge < -0.3 is 15.2 Å². The lowest BCUT2D eigenvalue weighted by atomic mass is 10.1. The van der Waals surface area contributed by atoms with Gasteiger partial charge in [0.2, 0.25) is 5.91 Å². The van der Waals surface area contributed by atoms with Gasteiger partial charge in [-0.1, -0.05) is 6.08 Å². The van der Waals surface area contributed by atoms with Gasteiger partial charge >= 0.3 is 0 Å². The number of H-pyrrole nitrogens is 1. The molecule has 2 aromatic rings. The van der Waals surface area contributed by atoms with E-state index in [9.17, 15) is 14.4 Å². The highest BCUT2D eigenvalue weighted by molar-refractivity contribution is 7.71. The van der Waals surface area contributed by atoms with Gasteiger partial charge in [-0.3, -0.25) is 19.0 Å². The Morgan fingerprint density at radius 3 is 2.63 bits per heavy atom. The normalized spacial score (nSPS) is 11.3. The molecule has 0 saturated heterocycles. The number of aromatic nitrogens is 2. The second-order valence-corrected chi connectivity index (χ2v) is 7.74. The lowest BCUT2D eigenvalue weighted by Crippen LogP contribution is -2.46. The van der Waals surface area contributed by atoms with E-state index in [4.69, 9.17) is 12.2 Å². The number of aromatic amines is 1. The molecule has 0 aliphatic rings. The van der Waals surface area contributed by atoms with Crippen LogP contribution in [0.1, 0.15) is 31.1 Å². The molecule has 144 valence electrons. The zero-order valence-electron chi connectivity index (χ0n) is 16.0. The predicted octanol–water partition coefficient (Wildman–Crippen LogP) is 2.23. The fourth-order valence-corrected chi connectivity index (χ4v) is 2.92. The molecule has 2 rings (SSSR count). The Balaban J connectivity index is 2.31. The van der Waals surface area contributed by atoms with Gasteiger partial charge in [-0.05, 0) is 51.2 Å². The number of carbonyl (C=O) groups is 2. The highest BCUT2D eigenvalue weighted by Crippen LogP contribution is 2.13. The van der Waals surface area contributed by atoms with Crippen molar-refractivity contribution in [3.8, 4) is 0 Å². The number of rotatable bonds is 5. The van der Waals surface area contributed by atoms with Gasteiger partial charge in [0.15, 0.2) is 4.77 Å². The number of amides is 2. The highest BCUT2D eigenvalue weighted by Gasteiger charge is 2.19. The molecule has 7 nitrogen and oxygen atoms in total. The van der Waals surface area contributed by atoms with Crippen LogP contribution in [-0.4, -0.2) is 45.4 Å². The molecule has 0 fully saturated rings. The summed E-state index contributed by atoms with van der Waals surface area (Å²) in [7, 11) is 1.55. The monoisotopic (exact) mass is 388 g/mol. The second-order valence-electron chi connectivity index (χ2n) is 7.35. The summed E-state index contributed by atoms with van der Waals surface area (Å²) in [5, 5.41) is 3.24. The third-order valence-electron chi connectivity index (χ3n) is 3.78. The zero-order valence-corrected chi connectivity index (χ0v) is 16.8. The van der Waals surface area contributed by atoms with Crippen molar-refractivity contribution in [3.63, 3.8) is 0 Å². The molecule has 2 N–H and O–H groups in total. The molecular formula is C19H24N4O3S. The maximum Gasteiger partial charge on any atom is 0.262 e. The highest BCUT2D eigenvalue weighted by atomic mass is 32.1. The standard InChI is InChI=1S/C19H24N4O3S/c1-6-9-23-17(26)13-8-7-12(10-14(13)20-18(23)27)16(25)22(5)11-15(24)21-19(2,3)4/h6-8,10H,1,9,11H2,2-5H3,(H,20,27)(H,21,24). The summed E-state index contributed by atoms with van der Waals surface area (Å²) in [6.07, 6.45) is 1.59. The van der Waals surface area contributed by atoms with E-state index in [0.29, 0.717) is 23.0 Å². The number of fused-ring (bicyclic) bond motifs is 1. The Bertz CT molecular complexity index is 1010. The van der Waals surface area contributed by atoms with Crippen molar-refractivity contribution in [1.82, 2.24) is 19.8 Å². The van der Waals surface area contributed by atoms with E-state index < -0.39 is 0 Å². The summed E-state index contributed by atoms with van der Waals surface area (Å²) in [6.45, 7) is 9.47. The number of allylic oxidation sites excluding steroid dienone is 1. The first-order valence-corrected chi connectivity index (χ1v) is 8.88. The number of benzene rings is 1. The number of carbonyl (C=O) groups excluding carboxylic acids is 2. The maximum absolute atomic E-state index is 12.6. The SMILES string of the molecule is C=CCn1c(=S)[nH]c2cc(C(=O)N(C)CC(=O)NC(C)(C)C)ccc2c1=O. The smallest absolute Gasteiger partial charge is 0.262 e. The second kappa shape index (κ2) is 7.87. The van der Waals surface area contributed by atoms with Gasteiger partial charge in [0.25, 0.3) is 11.5 Å². The summed E-state index contributed by atoms with van der Waals surface area (Å²) in [6, 6.07) is 4.73. The first kappa shape index (κ1) is 20.6. The van der Waals surface area contributed by atoms with E-state index in [2.05, 4.69) is 16.9 Å². The molecule has 0 aliphatic carbocycles. The van der Waals surface area contributed by atoms with Crippen LogP contribution in [0.3, 0.4) is 0 Å². The molecule has 0 radical (unpaired) electrons. The Kier molecular flexibility index (Phi) is 6.00. The lowest BCUT2D eigenvalue weighted by Gasteiger charge is -2.23. The quantitative estimate of drug-likeness (QED) is 0.607. The molecule has 0 spiro atoms. The summed E-state index contributed by atoms with van der Waals surface area (Å²) in [5.74, 6) is -0.568. The lowest BCUT2D eigenvalue weighted by molar-refractivity contribution is -0.122. The van der Waals surface area contributed by atoms with Crippen molar-refractivity contribution in [2.24, 2.45) is 0 Å². The molecule has 2 amide bonds. The minimum atomic E-state index is -0.371. The minimum absolute atomic E-state index is 0.0644. The molecule has 27 heavy (non-hydrogen) atoms. The van der Waals surface area contributed by atoms with Crippen LogP contribution in [0.15, 0.2) is 35.6 Å². The minimum Gasteiger partial charge on any atom is -0.350 e. The molecule has 1 aromatic carbocycles. The first-order chi connectivity index (χ1) is 12.5. The Morgan fingerprint density at radius 1 is 1.37 bits per heavy atom. The predicted molar refractivity (Wildman–Crippen MR) is 108 cm³/mol. The average molecular weight is 388 g/mol. The molecule has 8 heteroatoms. The Labute approximate surface area is 162 Å². The van der Waals surface area contributed by atoms with E-state index in [0.717, 1.165) is 0 Å². The van der Waals surface area contributed by atoms with Crippen LogP contribution >= 0.6 is 12.2 Å². The average Bonchev–Trinajstić information content (AvgIpc) is 2.55. The maximum atomic E-state index is 12.6. The van der Waals surface area contributed by atoms with E-state index in [1.807, 2.05) is 20.8 Å². The van der Waals surface area contributed by atoms with Crippen LogP contribution in [0, 0.1) is 4.77 Å². The summed E-state index contributed by atoms with van der Waals surface area (Å²) in [5.41, 5.74) is 0.221. The van der Waals surface area contributed by atoms with Crippen molar-refractivity contribution >= 4 is 34.9 Å². The largest absolute Gasteiger partial charge is 0.350 e. The van der Waals surface area contributed by atoms with Crippen LogP contribution in [0.4, 0.5) is 0 Å². The van der Waals surface area contributed by atoms with E-state index in [1.165, 1.54) is 9.47 Å². The van der Waals surface area contributed by atoms with E-state index in [-0.39, 0.29) is 34.2 Å². The van der Waals surface area contributed by atoms with Gasteiger partial charge in [0.1, 0.15) is 0 Å². The molecule has 1 heterocycles. The van der Waals surface area contributed by atoms with Crippen LogP contribution in [0.5, 0.6) is 0 Å². The van der Waals surface area contributed by atoms with Crippen molar-refractivity contribution in [2.45, 2.75) is 32.9 Å². The summed E-state index contributed by atoms with van der Waals surface area (Å²) in [4.78, 5) is 41.5. The molecule has 0 aliphatic heterocycles. The van der Waals surface area contributed by atoms with E-state index >= 15 is 0 Å². The van der Waals surface area contributed by atoms with Crippen LogP contribution in [-0.2, 0) is 11.3 Å². The Morgan fingerprint density at radius 2 is 2.04 bits per heavy atom. The molecular weight excluding hydrogens is 364 g/mol. The number of hydrogen-bond donors (Lipinski definition) is 2. The fraction of sp³-hybridized carbons (Fsp3) is 0.368. The molecule has 0 bridgehead atoms. The van der Waals surface area contributed by atoms with Crippen LogP contribution < -0.4 is 10.9 Å². The molecule has 0 unspecified atom stereocenters. The first-order valence-electron chi connectivity index (χ1n) is 8.48. The molecule has 0 atom stereocenters. The zero-order chi connectivity index (χ0) is 20.4. The van der Waals surface area contributed by atoms with Crippen molar-refractivity contribution in [3.05, 3.63) is 51.5 Å². The third kappa shape index (κ3) is 4.91. The van der Waals surface area contributed by atoms with Crippen LogP contribution in [0.25, 0.3) is 10.9 Å². The van der Waals surface area contributed by atoms with Gasteiger partial charge in [-0.2, -0.15) is 0 Å². The summed E-state index contributed by atoms with van der Waals surface area (Å²) >= 11 is 5.21. The van der Waals surface area contributed by atoms with Gasteiger partial charge in [-0.25, -0.2) is 0 Å². The van der Waals surface area contributed by atoms with Gasteiger partial charge in [-0.15, -0.1) is 6.58 Å².